The second kappa shape index (κ2) is 5.19. The van der Waals surface area contributed by atoms with Gasteiger partial charge in [0.15, 0.2) is 0 Å². The van der Waals surface area contributed by atoms with E-state index in [-0.39, 0.29) is 0 Å². The molecule has 0 saturated carbocycles. The molecular weight excluding hydrogens is 295 g/mol. The Morgan fingerprint density at radius 1 is 1.29 bits per heavy atom. The molecule has 3 N–H and O–H groups in total. The van der Waals surface area contributed by atoms with E-state index in [0.29, 0.717) is 12.1 Å². The summed E-state index contributed by atoms with van der Waals surface area (Å²) in [6, 6.07) is 1.87. The number of carbonyl (C=O) groups excluding carboxylic acids is 1. The number of alkyl halides is 3. The number of anilines is 1. The third-order valence-electron chi connectivity index (χ3n) is 2.37. The number of tetrazole rings is 1. The van der Waals surface area contributed by atoms with Gasteiger partial charge in [-0.25, -0.2) is 4.79 Å². The Kier molecular flexibility index (Phi) is 3.56. The van der Waals surface area contributed by atoms with E-state index < -0.39 is 40.7 Å². The lowest BCUT2D eigenvalue weighted by Crippen LogP contribution is -2.17. The van der Waals surface area contributed by atoms with Crippen molar-refractivity contribution in [2.75, 3.05) is 5.32 Å². The van der Waals surface area contributed by atoms with Crippen LogP contribution in [0.2, 0.25) is 0 Å². The lowest BCUT2D eigenvalue weighted by Gasteiger charge is -2.11. The van der Waals surface area contributed by atoms with Gasteiger partial charge in [-0.1, -0.05) is 0 Å². The Labute approximate surface area is 114 Å². The van der Waals surface area contributed by atoms with Crippen LogP contribution in [0.3, 0.4) is 0 Å². The second-order valence-electron chi connectivity index (χ2n) is 3.75. The van der Waals surface area contributed by atoms with Gasteiger partial charge in [-0.15, -0.1) is 10.2 Å². The molecule has 2 aromatic rings. The van der Waals surface area contributed by atoms with E-state index in [1.807, 2.05) is 10.5 Å². The van der Waals surface area contributed by atoms with Crippen molar-refractivity contribution in [3.05, 3.63) is 35.2 Å². The van der Waals surface area contributed by atoms with Crippen molar-refractivity contribution in [3.63, 3.8) is 0 Å². The normalized spacial score (nSPS) is 11.2. The summed E-state index contributed by atoms with van der Waals surface area (Å²) in [4.78, 5) is 22.6. The molecule has 110 valence electrons. The molecular formula is C10H6F3N5O3. The zero-order valence-corrected chi connectivity index (χ0v) is 9.97. The maximum atomic E-state index is 12.6. The maximum absolute atomic E-state index is 12.6. The SMILES string of the molecule is O=C(Nc1cc(C(F)(F)F)ccc1C(=O)O)c1nn[nH]n1. The molecule has 0 spiro atoms. The highest BCUT2D eigenvalue weighted by Gasteiger charge is 2.32. The summed E-state index contributed by atoms with van der Waals surface area (Å²) in [5, 5.41) is 22.7. The molecule has 8 nitrogen and oxygen atoms in total. The molecule has 11 heteroatoms. The molecule has 1 heterocycles. The molecule has 1 aromatic carbocycles. The van der Waals surface area contributed by atoms with Crippen LogP contribution in [0.4, 0.5) is 18.9 Å². The summed E-state index contributed by atoms with van der Waals surface area (Å²) >= 11 is 0. The van der Waals surface area contributed by atoms with Crippen molar-refractivity contribution in [2.45, 2.75) is 6.18 Å². The molecule has 0 unspecified atom stereocenters. The van der Waals surface area contributed by atoms with Gasteiger partial charge in [-0.05, 0) is 23.4 Å². The molecule has 0 aliphatic heterocycles. The first-order chi connectivity index (χ1) is 9.79. The number of carbonyl (C=O) groups is 2. The third-order valence-corrected chi connectivity index (χ3v) is 2.37. The predicted molar refractivity (Wildman–Crippen MR) is 60.5 cm³/mol. The van der Waals surface area contributed by atoms with E-state index in [0.717, 1.165) is 6.07 Å². The Hall–Kier alpha value is -2.98. The number of nitrogens with zero attached hydrogens (tertiary/aromatic N) is 3. The first-order valence-electron chi connectivity index (χ1n) is 5.28. The van der Waals surface area contributed by atoms with Gasteiger partial charge in [0.2, 0.25) is 0 Å². The van der Waals surface area contributed by atoms with Crippen LogP contribution in [-0.4, -0.2) is 37.6 Å². The molecule has 1 amide bonds. The minimum atomic E-state index is -4.68. The number of H-pyrrole nitrogens is 1. The fourth-order valence-electron chi connectivity index (χ4n) is 1.45. The van der Waals surface area contributed by atoms with Crippen LogP contribution in [0, 0.1) is 0 Å². The lowest BCUT2D eigenvalue weighted by molar-refractivity contribution is -0.137. The molecule has 1 aromatic heterocycles. The van der Waals surface area contributed by atoms with Gasteiger partial charge in [-0.2, -0.15) is 18.4 Å². The summed E-state index contributed by atoms with van der Waals surface area (Å²) in [5.41, 5.74) is -2.12. The highest BCUT2D eigenvalue weighted by atomic mass is 19.4. The van der Waals surface area contributed by atoms with Gasteiger partial charge in [0.05, 0.1) is 16.8 Å². The van der Waals surface area contributed by atoms with E-state index in [2.05, 4.69) is 15.4 Å². The Balaban J connectivity index is 2.39. The summed E-state index contributed by atoms with van der Waals surface area (Å²) < 4.78 is 37.8. The van der Waals surface area contributed by atoms with Crippen LogP contribution in [0.25, 0.3) is 0 Å². The molecule has 0 bridgehead atoms. The van der Waals surface area contributed by atoms with Gasteiger partial charge in [0, 0.05) is 0 Å². The fourth-order valence-corrected chi connectivity index (χ4v) is 1.45. The lowest BCUT2D eigenvalue weighted by atomic mass is 10.1. The molecule has 0 saturated heterocycles. The van der Waals surface area contributed by atoms with Crippen LogP contribution in [0.5, 0.6) is 0 Å². The zero-order valence-electron chi connectivity index (χ0n) is 9.97. The number of hydrogen-bond donors (Lipinski definition) is 3. The largest absolute Gasteiger partial charge is 0.478 e. The number of amides is 1. The van der Waals surface area contributed by atoms with Gasteiger partial charge in [0.1, 0.15) is 0 Å². The number of benzene rings is 1. The van der Waals surface area contributed by atoms with E-state index in [9.17, 15) is 22.8 Å². The average Bonchev–Trinajstić information content (AvgIpc) is 2.91. The van der Waals surface area contributed by atoms with Crippen LogP contribution in [0.1, 0.15) is 26.5 Å². The smallest absolute Gasteiger partial charge is 0.416 e. The summed E-state index contributed by atoms with van der Waals surface area (Å²) in [5.74, 6) is -2.93. The monoisotopic (exact) mass is 301 g/mol. The third kappa shape index (κ3) is 3.13. The second-order valence-corrected chi connectivity index (χ2v) is 3.75. The highest BCUT2D eigenvalue weighted by Crippen LogP contribution is 2.32. The van der Waals surface area contributed by atoms with Crippen LogP contribution < -0.4 is 5.32 Å². The number of aromatic nitrogens is 4. The Bertz CT molecular complexity index is 684. The number of aromatic amines is 1. The van der Waals surface area contributed by atoms with Crippen LogP contribution in [0.15, 0.2) is 18.2 Å². The molecule has 21 heavy (non-hydrogen) atoms. The van der Waals surface area contributed by atoms with Crippen molar-refractivity contribution in [1.29, 1.82) is 0 Å². The Morgan fingerprint density at radius 2 is 2.00 bits per heavy atom. The number of halogens is 3. The summed E-state index contributed by atoms with van der Waals surface area (Å²) in [6.07, 6.45) is -4.68. The highest BCUT2D eigenvalue weighted by molar-refractivity contribution is 6.05. The van der Waals surface area contributed by atoms with E-state index in [4.69, 9.17) is 5.11 Å². The van der Waals surface area contributed by atoms with Crippen molar-refractivity contribution in [1.82, 2.24) is 20.6 Å². The quantitative estimate of drug-likeness (QED) is 0.782. The van der Waals surface area contributed by atoms with Gasteiger partial charge >= 0.3 is 12.1 Å². The number of rotatable bonds is 3. The topological polar surface area (TPSA) is 121 Å². The molecule has 0 aliphatic carbocycles. The first-order valence-corrected chi connectivity index (χ1v) is 5.28. The summed E-state index contributed by atoms with van der Waals surface area (Å²) in [6.45, 7) is 0. The minimum absolute atomic E-state index is 0.441. The van der Waals surface area contributed by atoms with Gasteiger partial charge in [0.25, 0.3) is 11.7 Å². The summed E-state index contributed by atoms with van der Waals surface area (Å²) in [7, 11) is 0. The first kappa shape index (κ1) is 14.4. The number of carboxylic acid groups (broad SMARTS) is 1. The number of aromatic carboxylic acids is 1. The van der Waals surface area contributed by atoms with Crippen LogP contribution >= 0.6 is 0 Å². The van der Waals surface area contributed by atoms with E-state index >= 15 is 0 Å². The molecule has 0 aliphatic rings. The standard InChI is InChI=1S/C10H6F3N5O3/c11-10(12,13)4-1-2-5(9(20)21)6(3-4)14-8(19)7-15-17-18-16-7/h1-3H,(H,14,19)(H,20,21)(H,15,16,17,18). The molecule has 0 fully saturated rings. The number of nitrogens with one attached hydrogen (secondary N) is 2. The van der Waals surface area contributed by atoms with E-state index in [1.165, 1.54) is 0 Å². The number of hydrogen-bond acceptors (Lipinski definition) is 5. The van der Waals surface area contributed by atoms with E-state index in [1.54, 1.807) is 0 Å². The predicted octanol–water partition coefficient (Wildman–Crippen LogP) is 1.17. The van der Waals surface area contributed by atoms with Gasteiger partial charge in [-0.3, -0.25) is 4.79 Å². The van der Waals surface area contributed by atoms with Crippen LogP contribution in [-0.2, 0) is 6.18 Å². The molecule has 2 rings (SSSR count). The Morgan fingerprint density at radius 3 is 2.52 bits per heavy atom. The van der Waals surface area contributed by atoms with Crippen molar-refractivity contribution in [2.24, 2.45) is 0 Å². The average molecular weight is 301 g/mol. The molecule has 0 atom stereocenters. The molecule has 0 radical (unpaired) electrons. The van der Waals surface area contributed by atoms with Crippen molar-refractivity contribution < 1.29 is 27.9 Å². The zero-order chi connectivity index (χ0) is 15.6. The fraction of sp³-hybridized carbons (Fsp3) is 0.100. The number of carboxylic acids is 1. The maximum Gasteiger partial charge on any atom is 0.416 e. The van der Waals surface area contributed by atoms with Crippen molar-refractivity contribution >= 4 is 17.6 Å². The van der Waals surface area contributed by atoms with Crippen molar-refractivity contribution in [3.8, 4) is 0 Å². The minimum Gasteiger partial charge on any atom is -0.478 e. The van der Waals surface area contributed by atoms with Gasteiger partial charge < -0.3 is 10.4 Å².